The van der Waals surface area contributed by atoms with E-state index >= 15 is 0 Å². The maximum atomic E-state index is 5.43. The second kappa shape index (κ2) is 9.09. The van der Waals surface area contributed by atoms with Crippen LogP contribution in [0.2, 0.25) is 0 Å². The minimum absolute atomic E-state index is 0.834. The number of piperazine rings is 1. The monoisotopic (exact) mass is 214 g/mol. The maximum absolute atomic E-state index is 5.43. The SMILES string of the molecule is NCCCCCNCCN1CCNCC1. The Morgan fingerprint density at radius 3 is 2.60 bits per heavy atom. The van der Waals surface area contributed by atoms with E-state index < -0.39 is 0 Å². The summed E-state index contributed by atoms with van der Waals surface area (Å²) in [5, 5.41) is 6.85. The van der Waals surface area contributed by atoms with Crippen LogP contribution in [0.3, 0.4) is 0 Å². The molecule has 1 aliphatic rings. The molecule has 0 radical (unpaired) electrons. The first-order chi connectivity index (χ1) is 7.43. The van der Waals surface area contributed by atoms with Crippen LogP contribution in [0.25, 0.3) is 0 Å². The fourth-order valence-electron chi connectivity index (χ4n) is 1.87. The number of hydrogen-bond donors (Lipinski definition) is 3. The van der Waals surface area contributed by atoms with Crippen molar-refractivity contribution < 1.29 is 0 Å². The van der Waals surface area contributed by atoms with E-state index in [-0.39, 0.29) is 0 Å². The first kappa shape index (κ1) is 12.9. The average Bonchev–Trinajstić information content (AvgIpc) is 2.29. The second-order valence-corrected chi connectivity index (χ2v) is 4.19. The zero-order valence-electron chi connectivity index (χ0n) is 9.80. The molecule has 1 fully saturated rings. The molecule has 0 aromatic rings. The summed E-state index contributed by atoms with van der Waals surface area (Å²) in [5.74, 6) is 0. The van der Waals surface area contributed by atoms with Crippen molar-refractivity contribution in [1.82, 2.24) is 15.5 Å². The molecular weight excluding hydrogens is 188 g/mol. The van der Waals surface area contributed by atoms with Crippen molar-refractivity contribution in [2.45, 2.75) is 19.3 Å². The van der Waals surface area contributed by atoms with E-state index in [9.17, 15) is 0 Å². The highest BCUT2D eigenvalue weighted by Gasteiger charge is 2.07. The van der Waals surface area contributed by atoms with E-state index in [1.807, 2.05) is 0 Å². The van der Waals surface area contributed by atoms with Crippen LogP contribution >= 0.6 is 0 Å². The lowest BCUT2D eigenvalue weighted by molar-refractivity contribution is 0.241. The summed E-state index contributed by atoms with van der Waals surface area (Å²) in [6.45, 7) is 9.00. The number of nitrogens with zero attached hydrogens (tertiary/aromatic N) is 1. The summed E-state index contributed by atoms with van der Waals surface area (Å²) in [6, 6.07) is 0. The molecule has 90 valence electrons. The minimum Gasteiger partial charge on any atom is -0.330 e. The van der Waals surface area contributed by atoms with Gasteiger partial charge in [0.05, 0.1) is 0 Å². The van der Waals surface area contributed by atoms with Gasteiger partial charge in [0.1, 0.15) is 0 Å². The van der Waals surface area contributed by atoms with E-state index in [4.69, 9.17) is 5.73 Å². The third-order valence-electron chi connectivity index (χ3n) is 2.87. The van der Waals surface area contributed by atoms with Gasteiger partial charge in [-0.2, -0.15) is 0 Å². The van der Waals surface area contributed by atoms with Crippen LogP contribution in [0, 0.1) is 0 Å². The largest absolute Gasteiger partial charge is 0.330 e. The molecule has 0 aromatic carbocycles. The van der Waals surface area contributed by atoms with E-state index in [2.05, 4.69) is 15.5 Å². The molecule has 1 aliphatic heterocycles. The standard InChI is InChI=1S/C11H26N4/c12-4-2-1-3-5-13-6-9-15-10-7-14-8-11-15/h13-14H,1-12H2. The lowest BCUT2D eigenvalue weighted by atomic mass is 10.2. The smallest absolute Gasteiger partial charge is 0.0108 e. The van der Waals surface area contributed by atoms with E-state index in [1.54, 1.807) is 0 Å². The summed E-state index contributed by atoms with van der Waals surface area (Å²) in [4.78, 5) is 2.52. The van der Waals surface area contributed by atoms with Crippen molar-refractivity contribution in [3.63, 3.8) is 0 Å². The molecule has 4 nitrogen and oxygen atoms in total. The highest BCUT2D eigenvalue weighted by molar-refractivity contribution is 4.68. The van der Waals surface area contributed by atoms with E-state index in [1.165, 1.54) is 38.9 Å². The molecule has 0 aliphatic carbocycles. The molecule has 0 saturated carbocycles. The Morgan fingerprint density at radius 2 is 1.87 bits per heavy atom. The van der Waals surface area contributed by atoms with Crippen molar-refractivity contribution in [1.29, 1.82) is 0 Å². The van der Waals surface area contributed by atoms with Gasteiger partial charge < -0.3 is 16.4 Å². The number of nitrogens with two attached hydrogens (primary N) is 1. The van der Waals surface area contributed by atoms with Gasteiger partial charge in [-0.3, -0.25) is 4.90 Å². The molecule has 0 aromatic heterocycles. The Bertz CT molecular complexity index is 135. The number of unbranched alkanes of at least 4 members (excludes halogenated alkanes) is 2. The molecule has 1 heterocycles. The van der Waals surface area contributed by atoms with Crippen LogP contribution in [-0.4, -0.2) is 57.3 Å². The van der Waals surface area contributed by atoms with Gasteiger partial charge in [-0.1, -0.05) is 6.42 Å². The summed E-state index contributed by atoms with van der Waals surface area (Å²) in [7, 11) is 0. The molecule has 15 heavy (non-hydrogen) atoms. The van der Waals surface area contributed by atoms with Gasteiger partial charge in [-0.05, 0) is 25.9 Å². The van der Waals surface area contributed by atoms with Crippen molar-refractivity contribution in [2.24, 2.45) is 5.73 Å². The molecule has 0 amide bonds. The molecule has 0 bridgehead atoms. The van der Waals surface area contributed by atoms with Gasteiger partial charge in [0.15, 0.2) is 0 Å². The fraction of sp³-hybridized carbons (Fsp3) is 1.00. The Morgan fingerprint density at radius 1 is 1.07 bits per heavy atom. The Hall–Kier alpha value is -0.160. The third kappa shape index (κ3) is 6.84. The molecule has 4 heteroatoms. The van der Waals surface area contributed by atoms with Crippen LogP contribution in [0.15, 0.2) is 0 Å². The van der Waals surface area contributed by atoms with E-state index in [0.29, 0.717) is 0 Å². The summed E-state index contributed by atoms with van der Waals surface area (Å²) in [6.07, 6.45) is 3.69. The quantitative estimate of drug-likeness (QED) is 0.482. The normalized spacial score (nSPS) is 18.2. The lowest BCUT2D eigenvalue weighted by Gasteiger charge is -2.27. The topological polar surface area (TPSA) is 53.3 Å². The average molecular weight is 214 g/mol. The Balaban J connectivity index is 1.79. The minimum atomic E-state index is 0.834. The first-order valence-electron chi connectivity index (χ1n) is 6.27. The summed E-state index contributed by atoms with van der Waals surface area (Å²) >= 11 is 0. The van der Waals surface area contributed by atoms with Crippen LogP contribution in [0.5, 0.6) is 0 Å². The molecular formula is C11H26N4. The zero-order valence-corrected chi connectivity index (χ0v) is 9.80. The van der Waals surface area contributed by atoms with Gasteiger partial charge in [-0.25, -0.2) is 0 Å². The molecule has 0 spiro atoms. The molecule has 1 rings (SSSR count). The van der Waals surface area contributed by atoms with Gasteiger partial charge in [0, 0.05) is 39.3 Å². The lowest BCUT2D eigenvalue weighted by Crippen LogP contribution is -2.45. The summed E-state index contributed by atoms with van der Waals surface area (Å²) < 4.78 is 0. The van der Waals surface area contributed by atoms with Crippen molar-refractivity contribution in [3.8, 4) is 0 Å². The molecule has 0 unspecified atom stereocenters. The predicted molar refractivity (Wildman–Crippen MR) is 65.1 cm³/mol. The number of rotatable bonds is 8. The van der Waals surface area contributed by atoms with Crippen LogP contribution in [0.4, 0.5) is 0 Å². The highest BCUT2D eigenvalue weighted by atomic mass is 15.2. The Labute approximate surface area is 93.6 Å². The fourth-order valence-corrected chi connectivity index (χ4v) is 1.87. The number of nitrogens with one attached hydrogen (secondary N) is 2. The van der Waals surface area contributed by atoms with E-state index in [0.717, 1.165) is 32.7 Å². The third-order valence-corrected chi connectivity index (χ3v) is 2.87. The molecule has 4 N–H and O–H groups in total. The maximum Gasteiger partial charge on any atom is 0.0108 e. The first-order valence-corrected chi connectivity index (χ1v) is 6.27. The predicted octanol–water partition coefficient (Wildman–Crippen LogP) is -0.390. The Kier molecular flexibility index (Phi) is 7.83. The van der Waals surface area contributed by atoms with Crippen molar-refractivity contribution in [3.05, 3.63) is 0 Å². The highest BCUT2D eigenvalue weighted by Crippen LogP contribution is 1.92. The molecule has 0 atom stereocenters. The second-order valence-electron chi connectivity index (χ2n) is 4.19. The molecule has 1 saturated heterocycles. The van der Waals surface area contributed by atoms with Gasteiger partial charge in [-0.15, -0.1) is 0 Å². The van der Waals surface area contributed by atoms with Crippen LogP contribution in [-0.2, 0) is 0 Å². The zero-order chi connectivity index (χ0) is 10.8. The van der Waals surface area contributed by atoms with Gasteiger partial charge in [0.2, 0.25) is 0 Å². The van der Waals surface area contributed by atoms with Crippen LogP contribution in [0.1, 0.15) is 19.3 Å². The van der Waals surface area contributed by atoms with Gasteiger partial charge in [0.25, 0.3) is 0 Å². The number of hydrogen-bond acceptors (Lipinski definition) is 4. The summed E-state index contributed by atoms with van der Waals surface area (Å²) in [5.41, 5.74) is 5.43. The van der Waals surface area contributed by atoms with Gasteiger partial charge >= 0.3 is 0 Å². The van der Waals surface area contributed by atoms with Crippen LogP contribution < -0.4 is 16.4 Å². The van der Waals surface area contributed by atoms with Crippen molar-refractivity contribution in [2.75, 3.05) is 52.4 Å². The van der Waals surface area contributed by atoms with Crippen molar-refractivity contribution >= 4 is 0 Å².